The minimum Gasteiger partial charge on any atom is -0.282 e. The van der Waals surface area contributed by atoms with Gasteiger partial charge < -0.3 is 0 Å². The zero-order valence-electron chi connectivity index (χ0n) is 7.51. The van der Waals surface area contributed by atoms with Crippen molar-refractivity contribution in [3.05, 3.63) is 40.9 Å². The molecule has 0 atom stereocenters. The predicted molar refractivity (Wildman–Crippen MR) is 61.5 cm³/mol. The minimum atomic E-state index is -4.18. The van der Waals surface area contributed by atoms with E-state index >= 15 is 0 Å². The van der Waals surface area contributed by atoms with Crippen molar-refractivity contribution >= 4 is 36.8 Å². The smallest absolute Gasteiger partial charge is 0.282 e. The highest BCUT2D eigenvalue weighted by Crippen LogP contribution is 2.27. The molecule has 2 rings (SSSR count). The zero-order valence-corrected chi connectivity index (χ0v) is 9.92. The second-order valence-corrected chi connectivity index (χ2v) is 5.41. The Morgan fingerprint density at radius 1 is 1.13 bits per heavy atom. The molecule has 0 aliphatic rings. The van der Waals surface area contributed by atoms with E-state index < -0.39 is 10.1 Å². The zero-order chi connectivity index (χ0) is 11.1. The van der Waals surface area contributed by atoms with Crippen LogP contribution in [0.25, 0.3) is 10.8 Å². The average Bonchev–Trinajstić information content (AvgIpc) is 2.15. The Hall–Kier alpha value is -0.910. The highest BCUT2D eigenvalue weighted by Gasteiger charge is 2.14. The first-order valence-corrected chi connectivity index (χ1v) is 6.37. The van der Waals surface area contributed by atoms with Crippen molar-refractivity contribution in [3.8, 4) is 0 Å². The molecule has 0 amide bonds. The van der Waals surface area contributed by atoms with Gasteiger partial charge in [0, 0.05) is 9.86 Å². The van der Waals surface area contributed by atoms with Gasteiger partial charge in [-0.3, -0.25) is 4.55 Å². The van der Waals surface area contributed by atoms with E-state index in [1.165, 1.54) is 6.07 Å². The molecule has 0 radical (unpaired) electrons. The fourth-order valence-corrected chi connectivity index (χ4v) is 2.82. The van der Waals surface area contributed by atoms with Gasteiger partial charge in [0.05, 0.1) is 0 Å². The molecule has 0 saturated carbocycles. The van der Waals surface area contributed by atoms with Crippen LogP contribution in [0.5, 0.6) is 0 Å². The first-order valence-electron chi connectivity index (χ1n) is 4.14. The number of hydrogen-bond donors (Lipinski definition) is 1. The van der Waals surface area contributed by atoms with Crippen LogP contribution in [0.2, 0.25) is 0 Å². The van der Waals surface area contributed by atoms with Gasteiger partial charge in [0.2, 0.25) is 0 Å². The van der Waals surface area contributed by atoms with E-state index in [0.29, 0.717) is 9.86 Å². The Morgan fingerprint density at radius 2 is 1.80 bits per heavy atom. The lowest BCUT2D eigenvalue weighted by Crippen LogP contribution is -1.99. The molecule has 2 aromatic carbocycles. The summed E-state index contributed by atoms with van der Waals surface area (Å²) in [6, 6.07) is 10.2. The number of benzene rings is 2. The Kier molecular flexibility index (Phi) is 2.54. The molecular weight excluding hydrogens is 280 g/mol. The largest absolute Gasteiger partial charge is 0.295 e. The van der Waals surface area contributed by atoms with E-state index in [1.54, 1.807) is 24.3 Å². The molecule has 78 valence electrons. The molecular formula is C10H7BrO3S. The normalized spacial score (nSPS) is 11.9. The molecule has 0 fully saturated rings. The summed E-state index contributed by atoms with van der Waals surface area (Å²) in [7, 11) is -4.18. The molecule has 2 aromatic rings. The van der Waals surface area contributed by atoms with Crippen LogP contribution in [0.4, 0.5) is 0 Å². The van der Waals surface area contributed by atoms with Crippen molar-refractivity contribution in [1.82, 2.24) is 0 Å². The van der Waals surface area contributed by atoms with Crippen molar-refractivity contribution in [2.75, 3.05) is 0 Å². The van der Waals surface area contributed by atoms with Gasteiger partial charge in [0.25, 0.3) is 10.1 Å². The van der Waals surface area contributed by atoms with Gasteiger partial charge in [-0.15, -0.1) is 0 Å². The summed E-state index contributed by atoms with van der Waals surface area (Å²) in [5.41, 5.74) is 0. The minimum absolute atomic E-state index is 0.0764. The molecule has 0 spiro atoms. The van der Waals surface area contributed by atoms with E-state index in [2.05, 4.69) is 15.9 Å². The summed E-state index contributed by atoms with van der Waals surface area (Å²) >= 11 is 3.20. The number of halogens is 1. The van der Waals surface area contributed by atoms with Gasteiger partial charge >= 0.3 is 0 Å². The van der Waals surface area contributed by atoms with Crippen molar-refractivity contribution in [3.63, 3.8) is 0 Å². The predicted octanol–water partition coefficient (Wildman–Crippen LogP) is 2.85. The quantitative estimate of drug-likeness (QED) is 0.820. The summed E-state index contributed by atoms with van der Waals surface area (Å²) in [5, 5.41) is 1.28. The van der Waals surface area contributed by atoms with Crippen LogP contribution in [-0.2, 0) is 10.1 Å². The molecule has 0 saturated heterocycles. The molecule has 0 unspecified atom stereocenters. The Morgan fingerprint density at radius 3 is 2.47 bits per heavy atom. The second-order valence-electron chi connectivity index (χ2n) is 3.10. The van der Waals surface area contributed by atoms with Gasteiger partial charge in [-0.1, -0.05) is 40.2 Å². The summed E-state index contributed by atoms with van der Waals surface area (Å²) in [6.45, 7) is 0. The van der Waals surface area contributed by atoms with Gasteiger partial charge in [0.1, 0.15) is 4.90 Å². The van der Waals surface area contributed by atoms with Crippen LogP contribution in [0.1, 0.15) is 0 Å². The average molecular weight is 287 g/mol. The second kappa shape index (κ2) is 3.59. The Labute approximate surface area is 95.6 Å². The topological polar surface area (TPSA) is 54.4 Å². The lowest BCUT2D eigenvalue weighted by atomic mass is 10.1. The van der Waals surface area contributed by atoms with E-state index in [4.69, 9.17) is 4.55 Å². The maximum Gasteiger partial charge on any atom is 0.295 e. The van der Waals surface area contributed by atoms with Gasteiger partial charge in [-0.2, -0.15) is 8.42 Å². The van der Waals surface area contributed by atoms with Crippen LogP contribution in [0, 0.1) is 0 Å². The monoisotopic (exact) mass is 286 g/mol. The molecule has 0 aliphatic carbocycles. The van der Waals surface area contributed by atoms with E-state index in [9.17, 15) is 8.42 Å². The highest BCUT2D eigenvalue weighted by molar-refractivity contribution is 9.10. The molecule has 3 nitrogen and oxygen atoms in total. The molecule has 1 N–H and O–H groups in total. The third-order valence-corrected chi connectivity index (χ3v) is 3.42. The van der Waals surface area contributed by atoms with Crippen LogP contribution >= 0.6 is 15.9 Å². The Bertz CT molecular complexity index is 620. The third-order valence-electron chi connectivity index (χ3n) is 2.07. The van der Waals surface area contributed by atoms with Crippen LogP contribution < -0.4 is 0 Å². The molecule has 5 heteroatoms. The SMILES string of the molecule is O=S(=O)(O)c1cc(Br)cc2ccccc12. The Balaban J connectivity index is 2.96. The third kappa shape index (κ3) is 2.04. The molecule has 0 aromatic heterocycles. The standard InChI is InChI=1S/C10H7BrO3S/c11-8-5-7-3-1-2-4-9(7)10(6-8)15(12,13)14/h1-6H,(H,12,13,14). The summed E-state index contributed by atoms with van der Waals surface area (Å²) in [5.74, 6) is 0. The highest BCUT2D eigenvalue weighted by atomic mass is 79.9. The van der Waals surface area contributed by atoms with Gasteiger partial charge in [-0.25, -0.2) is 0 Å². The van der Waals surface area contributed by atoms with Crippen LogP contribution in [0.3, 0.4) is 0 Å². The van der Waals surface area contributed by atoms with E-state index in [1.807, 2.05) is 6.07 Å². The summed E-state index contributed by atoms with van der Waals surface area (Å²) < 4.78 is 31.9. The van der Waals surface area contributed by atoms with Crippen molar-refractivity contribution in [2.45, 2.75) is 4.90 Å². The molecule has 0 bridgehead atoms. The lowest BCUT2D eigenvalue weighted by Gasteiger charge is -2.04. The molecule has 15 heavy (non-hydrogen) atoms. The lowest BCUT2D eigenvalue weighted by molar-refractivity contribution is 0.484. The fraction of sp³-hybridized carbons (Fsp3) is 0. The maximum atomic E-state index is 11.1. The van der Waals surface area contributed by atoms with Gasteiger partial charge in [-0.05, 0) is 17.5 Å². The molecule has 0 heterocycles. The van der Waals surface area contributed by atoms with Crippen molar-refractivity contribution in [1.29, 1.82) is 0 Å². The first kappa shape index (κ1) is 10.6. The number of hydrogen-bond acceptors (Lipinski definition) is 2. The van der Waals surface area contributed by atoms with Crippen LogP contribution in [-0.4, -0.2) is 13.0 Å². The fourth-order valence-electron chi connectivity index (χ4n) is 1.45. The van der Waals surface area contributed by atoms with E-state index in [0.717, 1.165) is 5.39 Å². The van der Waals surface area contributed by atoms with Crippen molar-refractivity contribution in [2.24, 2.45) is 0 Å². The van der Waals surface area contributed by atoms with E-state index in [-0.39, 0.29) is 4.90 Å². The maximum absolute atomic E-state index is 11.1. The number of rotatable bonds is 1. The number of fused-ring (bicyclic) bond motifs is 1. The summed E-state index contributed by atoms with van der Waals surface area (Å²) in [4.78, 5) is -0.0764. The summed E-state index contributed by atoms with van der Waals surface area (Å²) in [6.07, 6.45) is 0. The van der Waals surface area contributed by atoms with Crippen LogP contribution in [0.15, 0.2) is 45.8 Å². The first-order chi connectivity index (χ1) is 6.98. The van der Waals surface area contributed by atoms with Gasteiger partial charge in [0.15, 0.2) is 0 Å². The molecule has 0 aliphatic heterocycles. The van der Waals surface area contributed by atoms with Crippen molar-refractivity contribution < 1.29 is 13.0 Å².